The van der Waals surface area contributed by atoms with Crippen molar-refractivity contribution in [2.75, 3.05) is 25.6 Å². The Morgan fingerprint density at radius 3 is 2.72 bits per heavy atom. The number of para-hydroxylation sites is 1. The number of aromatic amines is 1. The standard InChI is InChI=1S/C17H26N4O2S.HI/c1-13(9-11-24(3,22)23)21-17(18-2)19-10-8-14-12-20-16-7-5-4-6-15(14)16;/h4-7,12-13,20H,8-11H2,1-3H3,(H2,18,19,21);1H. The van der Waals surface area contributed by atoms with Gasteiger partial charge in [0.25, 0.3) is 0 Å². The first-order valence-corrected chi connectivity index (χ1v) is 10.1. The maximum Gasteiger partial charge on any atom is 0.191 e. The van der Waals surface area contributed by atoms with E-state index in [9.17, 15) is 8.42 Å². The zero-order valence-electron chi connectivity index (χ0n) is 14.9. The molecule has 3 N–H and O–H groups in total. The van der Waals surface area contributed by atoms with E-state index in [1.165, 1.54) is 17.2 Å². The van der Waals surface area contributed by atoms with Crippen molar-refractivity contribution in [2.45, 2.75) is 25.8 Å². The molecule has 0 aliphatic rings. The number of aromatic nitrogens is 1. The van der Waals surface area contributed by atoms with Gasteiger partial charge in [-0.3, -0.25) is 4.99 Å². The van der Waals surface area contributed by atoms with Crippen molar-refractivity contribution in [3.05, 3.63) is 36.0 Å². The Morgan fingerprint density at radius 2 is 2.04 bits per heavy atom. The third-order valence-corrected chi connectivity index (χ3v) is 4.87. The van der Waals surface area contributed by atoms with Crippen molar-refractivity contribution >= 4 is 50.7 Å². The van der Waals surface area contributed by atoms with Crippen LogP contribution in [0.1, 0.15) is 18.9 Å². The summed E-state index contributed by atoms with van der Waals surface area (Å²) in [5.41, 5.74) is 2.41. The van der Waals surface area contributed by atoms with Crippen LogP contribution in [0.2, 0.25) is 0 Å². The molecular formula is C17H27IN4O2S. The van der Waals surface area contributed by atoms with Crippen LogP contribution >= 0.6 is 24.0 Å². The van der Waals surface area contributed by atoms with E-state index < -0.39 is 9.84 Å². The second-order valence-corrected chi connectivity index (χ2v) is 8.33. The van der Waals surface area contributed by atoms with Crippen LogP contribution in [0.25, 0.3) is 10.9 Å². The fourth-order valence-electron chi connectivity index (χ4n) is 2.55. The lowest BCUT2D eigenvalue weighted by atomic mass is 10.1. The van der Waals surface area contributed by atoms with Gasteiger partial charge in [-0.05, 0) is 31.4 Å². The number of aliphatic imine (C=N–C) groups is 1. The molecule has 0 aliphatic heterocycles. The molecule has 0 amide bonds. The fourth-order valence-corrected chi connectivity index (χ4v) is 3.33. The van der Waals surface area contributed by atoms with Gasteiger partial charge in [0.15, 0.2) is 5.96 Å². The van der Waals surface area contributed by atoms with Crippen molar-refractivity contribution in [1.82, 2.24) is 15.6 Å². The van der Waals surface area contributed by atoms with E-state index >= 15 is 0 Å². The molecule has 2 aromatic rings. The Bertz CT molecular complexity index is 802. The summed E-state index contributed by atoms with van der Waals surface area (Å²) in [6.45, 7) is 2.71. The molecule has 0 spiro atoms. The maximum absolute atomic E-state index is 11.2. The average molecular weight is 478 g/mol. The van der Waals surface area contributed by atoms with Gasteiger partial charge in [-0.25, -0.2) is 8.42 Å². The quantitative estimate of drug-likeness (QED) is 0.324. The molecule has 0 saturated carbocycles. The van der Waals surface area contributed by atoms with Crippen molar-refractivity contribution in [1.29, 1.82) is 0 Å². The predicted molar refractivity (Wildman–Crippen MR) is 116 cm³/mol. The Hall–Kier alpha value is -1.29. The number of nitrogens with one attached hydrogen (secondary N) is 3. The molecule has 0 fully saturated rings. The van der Waals surface area contributed by atoms with E-state index in [0.29, 0.717) is 12.4 Å². The van der Waals surface area contributed by atoms with Gasteiger partial charge in [0.2, 0.25) is 0 Å². The number of benzene rings is 1. The van der Waals surface area contributed by atoms with Gasteiger partial charge in [-0.2, -0.15) is 0 Å². The van der Waals surface area contributed by atoms with Crippen LogP contribution in [0.3, 0.4) is 0 Å². The number of rotatable bonds is 7. The number of hydrogen-bond acceptors (Lipinski definition) is 3. The second-order valence-electron chi connectivity index (χ2n) is 6.07. The van der Waals surface area contributed by atoms with Crippen LogP contribution in [-0.4, -0.2) is 51.0 Å². The molecule has 1 aromatic carbocycles. The van der Waals surface area contributed by atoms with Crippen LogP contribution < -0.4 is 10.6 Å². The first-order valence-electron chi connectivity index (χ1n) is 8.09. The highest BCUT2D eigenvalue weighted by molar-refractivity contribution is 14.0. The van der Waals surface area contributed by atoms with E-state index in [1.54, 1.807) is 7.05 Å². The summed E-state index contributed by atoms with van der Waals surface area (Å²) < 4.78 is 22.4. The molecular weight excluding hydrogens is 451 g/mol. The van der Waals surface area contributed by atoms with E-state index in [0.717, 1.165) is 18.5 Å². The third kappa shape index (κ3) is 7.23. The Morgan fingerprint density at radius 1 is 1.32 bits per heavy atom. The highest BCUT2D eigenvalue weighted by Gasteiger charge is 2.09. The summed E-state index contributed by atoms with van der Waals surface area (Å²) in [5, 5.41) is 7.74. The third-order valence-electron chi connectivity index (χ3n) is 3.89. The molecule has 1 heterocycles. The number of guanidine groups is 1. The molecule has 1 atom stereocenters. The molecule has 140 valence electrons. The van der Waals surface area contributed by atoms with E-state index in [-0.39, 0.29) is 35.8 Å². The zero-order valence-corrected chi connectivity index (χ0v) is 18.0. The first-order chi connectivity index (χ1) is 11.4. The van der Waals surface area contributed by atoms with Crippen LogP contribution in [0.15, 0.2) is 35.5 Å². The molecule has 0 aliphatic carbocycles. The summed E-state index contributed by atoms with van der Waals surface area (Å²) in [5.74, 6) is 0.865. The van der Waals surface area contributed by atoms with Gasteiger partial charge < -0.3 is 15.6 Å². The number of hydrogen-bond donors (Lipinski definition) is 3. The summed E-state index contributed by atoms with van der Waals surface area (Å²) in [6, 6.07) is 8.28. The van der Waals surface area contributed by atoms with Gasteiger partial charge >= 0.3 is 0 Å². The lowest BCUT2D eigenvalue weighted by Crippen LogP contribution is -2.43. The molecule has 0 bridgehead atoms. The lowest BCUT2D eigenvalue weighted by molar-refractivity contribution is 0.581. The number of H-pyrrole nitrogens is 1. The van der Waals surface area contributed by atoms with Gasteiger partial charge in [0.05, 0.1) is 5.75 Å². The number of sulfone groups is 1. The molecule has 0 saturated heterocycles. The van der Waals surface area contributed by atoms with Crippen molar-refractivity contribution in [3.63, 3.8) is 0 Å². The van der Waals surface area contributed by atoms with Gasteiger partial charge in [-0.15, -0.1) is 24.0 Å². The summed E-state index contributed by atoms with van der Waals surface area (Å²) >= 11 is 0. The normalized spacial score (nSPS) is 13.3. The smallest absolute Gasteiger partial charge is 0.191 e. The van der Waals surface area contributed by atoms with Crippen molar-refractivity contribution in [3.8, 4) is 0 Å². The minimum atomic E-state index is -2.93. The minimum absolute atomic E-state index is 0. The Labute approximate surface area is 166 Å². The Kier molecular flexibility index (Phi) is 8.70. The van der Waals surface area contributed by atoms with Crippen LogP contribution in [0.4, 0.5) is 0 Å². The molecule has 1 aromatic heterocycles. The van der Waals surface area contributed by atoms with E-state index in [4.69, 9.17) is 0 Å². The molecule has 6 nitrogen and oxygen atoms in total. The van der Waals surface area contributed by atoms with Crippen LogP contribution in [-0.2, 0) is 16.3 Å². The lowest BCUT2D eigenvalue weighted by Gasteiger charge is -2.17. The maximum atomic E-state index is 11.2. The van der Waals surface area contributed by atoms with Crippen LogP contribution in [0.5, 0.6) is 0 Å². The number of halogens is 1. The van der Waals surface area contributed by atoms with Gasteiger partial charge in [0.1, 0.15) is 9.84 Å². The number of fused-ring (bicyclic) bond motifs is 1. The summed E-state index contributed by atoms with van der Waals surface area (Å²) in [6.07, 6.45) is 4.73. The fraction of sp³-hybridized carbons (Fsp3) is 0.471. The highest BCUT2D eigenvalue weighted by Crippen LogP contribution is 2.17. The average Bonchev–Trinajstić information content (AvgIpc) is 2.95. The molecule has 2 rings (SSSR count). The van der Waals surface area contributed by atoms with Gasteiger partial charge in [0, 0.05) is 43.0 Å². The molecule has 1 unspecified atom stereocenters. The largest absolute Gasteiger partial charge is 0.361 e. The van der Waals surface area contributed by atoms with Gasteiger partial charge in [-0.1, -0.05) is 18.2 Å². The van der Waals surface area contributed by atoms with E-state index in [1.807, 2.05) is 25.3 Å². The minimum Gasteiger partial charge on any atom is -0.361 e. The van der Waals surface area contributed by atoms with Crippen molar-refractivity contribution in [2.24, 2.45) is 4.99 Å². The van der Waals surface area contributed by atoms with E-state index in [2.05, 4.69) is 32.7 Å². The summed E-state index contributed by atoms with van der Waals surface area (Å²) in [4.78, 5) is 7.46. The molecule has 0 radical (unpaired) electrons. The first kappa shape index (κ1) is 21.8. The predicted octanol–water partition coefficient (Wildman–Crippen LogP) is 2.32. The number of nitrogens with zero attached hydrogens (tertiary/aromatic N) is 1. The van der Waals surface area contributed by atoms with Crippen LogP contribution in [0, 0.1) is 0 Å². The monoisotopic (exact) mass is 478 g/mol. The highest BCUT2D eigenvalue weighted by atomic mass is 127. The second kappa shape index (κ2) is 10.0. The molecule has 25 heavy (non-hydrogen) atoms. The molecule has 8 heteroatoms. The topological polar surface area (TPSA) is 86.3 Å². The SMILES string of the molecule is CN=C(NCCc1c[nH]c2ccccc12)NC(C)CCS(C)(=O)=O.I. The Balaban J connectivity index is 0.00000312. The zero-order chi connectivity index (χ0) is 17.6. The van der Waals surface area contributed by atoms with Crippen molar-refractivity contribution < 1.29 is 8.42 Å². The summed E-state index contributed by atoms with van der Waals surface area (Å²) in [7, 11) is -1.22.